The molecule has 2 heterocycles. The van der Waals surface area contributed by atoms with Gasteiger partial charge in [0.2, 0.25) is 0 Å². The Kier molecular flexibility index (Phi) is 6.38. The van der Waals surface area contributed by atoms with Crippen molar-refractivity contribution < 1.29 is 19.0 Å². The third-order valence-corrected chi connectivity index (χ3v) is 6.55. The number of nitrogens with one attached hydrogen (secondary N) is 2. The summed E-state index contributed by atoms with van der Waals surface area (Å²) in [6, 6.07) is 11.7. The number of aliphatic hydroxyl groups is 1. The number of amides is 1. The molecule has 5 rings (SSSR count). The zero-order valence-electron chi connectivity index (χ0n) is 18.9. The number of likely N-dealkylation sites (tertiary alicyclic amines) is 1. The number of hydrogen-bond donors (Lipinski definition) is 3. The van der Waals surface area contributed by atoms with Crippen molar-refractivity contribution in [3.05, 3.63) is 64.3 Å². The maximum atomic E-state index is 13.5. The standard InChI is InChI=1S/C25H29FN4O4/c26-16-5-8-22-21(13-16)28-25(33)30(22)18-9-11-29(12-10-18)14-19(31)15-34-23-4-2-1-3-20(23)24(32)27-17-6-7-17/h1-5,8,13,17-19,31H,6-7,9-12,14-15H2,(H,27,32)(H,28,33). The summed E-state index contributed by atoms with van der Waals surface area (Å²) in [4.78, 5) is 29.8. The zero-order valence-corrected chi connectivity index (χ0v) is 18.9. The molecule has 8 nitrogen and oxygen atoms in total. The van der Waals surface area contributed by atoms with Gasteiger partial charge in [-0.3, -0.25) is 9.36 Å². The predicted octanol–water partition coefficient (Wildman–Crippen LogP) is 2.44. The Bertz CT molecular complexity index is 1230. The van der Waals surface area contributed by atoms with E-state index in [1.54, 1.807) is 34.9 Å². The van der Waals surface area contributed by atoms with Gasteiger partial charge in [-0.1, -0.05) is 12.1 Å². The Labute approximate surface area is 196 Å². The van der Waals surface area contributed by atoms with E-state index in [1.807, 2.05) is 0 Å². The third-order valence-electron chi connectivity index (χ3n) is 6.55. The number of aromatic amines is 1. The van der Waals surface area contributed by atoms with Gasteiger partial charge < -0.3 is 25.0 Å². The molecule has 1 saturated heterocycles. The Morgan fingerprint density at radius 3 is 2.71 bits per heavy atom. The van der Waals surface area contributed by atoms with Gasteiger partial charge in [0.05, 0.1) is 16.6 Å². The maximum Gasteiger partial charge on any atom is 0.326 e. The van der Waals surface area contributed by atoms with E-state index in [4.69, 9.17) is 4.74 Å². The molecule has 180 valence electrons. The molecule has 34 heavy (non-hydrogen) atoms. The van der Waals surface area contributed by atoms with E-state index in [1.165, 1.54) is 12.1 Å². The van der Waals surface area contributed by atoms with Crippen molar-refractivity contribution in [1.29, 1.82) is 0 Å². The van der Waals surface area contributed by atoms with Crippen LogP contribution in [0.2, 0.25) is 0 Å². The quantitative estimate of drug-likeness (QED) is 0.472. The number of H-pyrrole nitrogens is 1. The molecule has 3 aromatic rings. The number of carbonyl (C=O) groups excluding carboxylic acids is 1. The summed E-state index contributed by atoms with van der Waals surface area (Å²) in [5.74, 6) is -0.0587. The molecule has 1 atom stereocenters. The third kappa shape index (κ3) is 5.00. The van der Waals surface area contributed by atoms with Crippen LogP contribution in [-0.2, 0) is 0 Å². The molecule has 0 bridgehead atoms. The summed E-state index contributed by atoms with van der Waals surface area (Å²) in [6.07, 6.45) is 2.81. The van der Waals surface area contributed by atoms with Crippen molar-refractivity contribution in [2.24, 2.45) is 0 Å². The normalized spacial score (nSPS) is 18.2. The Morgan fingerprint density at radius 1 is 1.18 bits per heavy atom. The average molecular weight is 469 g/mol. The highest BCUT2D eigenvalue weighted by Gasteiger charge is 2.26. The van der Waals surface area contributed by atoms with Crippen LogP contribution in [0, 0.1) is 5.82 Å². The summed E-state index contributed by atoms with van der Waals surface area (Å²) < 4.78 is 21.0. The van der Waals surface area contributed by atoms with Crippen LogP contribution >= 0.6 is 0 Å². The highest BCUT2D eigenvalue weighted by Crippen LogP contribution is 2.26. The molecule has 1 aliphatic carbocycles. The van der Waals surface area contributed by atoms with Crippen molar-refractivity contribution in [2.45, 2.75) is 43.9 Å². The fourth-order valence-corrected chi connectivity index (χ4v) is 4.63. The number of β-amino-alcohol motifs (C(OH)–C–C–N with tert-alkyl or cyclic N) is 1. The number of aromatic nitrogens is 2. The molecule has 1 unspecified atom stereocenters. The molecular formula is C25H29FN4O4. The molecule has 2 aliphatic rings. The Balaban J connectivity index is 1.14. The summed E-state index contributed by atoms with van der Waals surface area (Å²) in [5.41, 5.74) is 1.47. The first-order chi connectivity index (χ1) is 16.5. The Morgan fingerprint density at radius 2 is 1.94 bits per heavy atom. The lowest BCUT2D eigenvalue weighted by molar-refractivity contribution is 0.0553. The first-order valence-corrected chi connectivity index (χ1v) is 11.8. The van der Waals surface area contributed by atoms with Crippen LogP contribution in [0.25, 0.3) is 11.0 Å². The van der Waals surface area contributed by atoms with Crippen LogP contribution in [0.3, 0.4) is 0 Å². The zero-order chi connectivity index (χ0) is 23.7. The van der Waals surface area contributed by atoms with Gasteiger partial charge in [-0.2, -0.15) is 0 Å². The second kappa shape index (κ2) is 9.60. The lowest BCUT2D eigenvalue weighted by Gasteiger charge is -2.33. The minimum atomic E-state index is -0.713. The van der Waals surface area contributed by atoms with Gasteiger partial charge in [0.1, 0.15) is 24.3 Å². The number of halogens is 1. The highest BCUT2D eigenvalue weighted by molar-refractivity contribution is 5.97. The molecule has 1 saturated carbocycles. The number of nitrogens with zero attached hydrogens (tertiary/aromatic N) is 2. The topological polar surface area (TPSA) is 99.6 Å². The molecule has 0 spiro atoms. The second-order valence-electron chi connectivity index (χ2n) is 9.20. The van der Waals surface area contributed by atoms with Gasteiger partial charge in [0.25, 0.3) is 5.91 Å². The van der Waals surface area contributed by atoms with Crippen LogP contribution in [0.4, 0.5) is 4.39 Å². The van der Waals surface area contributed by atoms with Crippen molar-refractivity contribution >= 4 is 16.9 Å². The number of ether oxygens (including phenoxy) is 1. The smallest absolute Gasteiger partial charge is 0.326 e. The molecule has 2 fully saturated rings. The van der Waals surface area contributed by atoms with Crippen LogP contribution in [-0.4, -0.2) is 63.9 Å². The molecular weight excluding hydrogens is 439 g/mol. The van der Waals surface area contributed by atoms with Crippen molar-refractivity contribution in [3.63, 3.8) is 0 Å². The van der Waals surface area contributed by atoms with Crippen LogP contribution in [0.15, 0.2) is 47.3 Å². The fraction of sp³-hybridized carbons (Fsp3) is 0.440. The van der Waals surface area contributed by atoms with Gasteiger partial charge in [-0.25, -0.2) is 9.18 Å². The number of piperidine rings is 1. The number of aliphatic hydroxyl groups excluding tert-OH is 1. The summed E-state index contributed by atoms with van der Waals surface area (Å²) in [7, 11) is 0. The van der Waals surface area contributed by atoms with Gasteiger partial charge >= 0.3 is 5.69 Å². The van der Waals surface area contributed by atoms with Crippen molar-refractivity contribution in [1.82, 2.24) is 19.8 Å². The molecule has 1 aromatic heterocycles. The van der Waals surface area contributed by atoms with Crippen LogP contribution in [0.5, 0.6) is 5.75 Å². The van der Waals surface area contributed by atoms with E-state index >= 15 is 0 Å². The Hall–Kier alpha value is -3.17. The average Bonchev–Trinajstić information content (AvgIpc) is 3.58. The van der Waals surface area contributed by atoms with Crippen molar-refractivity contribution in [2.75, 3.05) is 26.2 Å². The molecule has 2 aromatic carbocycles. The van der Waals surface area contributed by atoms with E-state index in [0.717, 1.165) is 38.8 Å². The van der Waals surface area contributed by atoms with Gasteiger partial charge in [0, 0.05) is 31.7 Å². The minimum absolute atomic E-state index is 0.0215. The number of imidazole rings is 1. The second-order valence-corrected chi connectivity index (χ2v) is 9.20. The summed E-state index contributed by atoms with van der Waals surface area (Å²) >= 11 is 0. The summed E-state index contributed by atoms with van der Waals surface area (Å²) in [6.45, 7) is 1.98. The molecule has 9 heteroatoms. The lowest BCUT2D eigenvalue weighted by Crippen LogP contribution is -2.42. The number of fused-ring (bicyclic) bond motifs is 1. The number of carbonyl (C=O) groups is 1. The first kappa shape index (κ1) is 22.6. The largest absolute Gasteiger partial charge is 0.490 e. The SMILES string of the molecule is O=C(NC1CC1)c1ccccc1OCC(O)CN1CCC(n2c(=O)[nH]c3cc(F)ccc32)CC1. The predicted molar refractivity (Wildman–Crippen MR) is 126 cm³/mol. The molecule has 3 N–H and O–H groups in total. The maximum absolute atomic E-state index is 13.5. The van der Waals surface area contributed by atoms with E-state index in [9.17, 15) is 19.1 Å². The fourth-order valence-electron chi connectivity index (χ4n) is 4.63. The monoisotopic (exact) mass is 468 g/mol. The number of rotatable bonds is 8. The highest BCUT2D eigenvalue weighted by atomic mass is 19.1. The van der Waals surface area contributed by atoms with E-state index in [0.29, 0.717) is 28.9 Å². The van der Waals surface area contributed by atoms with E-state index in [-0.39, 0.29) is 36.1 Å². The number of hydrogen-bond acceptors (Lipinski definition) is 5. The number of benzene rings is 2. The van der Waals surface area contributed by atoms with Gasteiger partial charge in [0.15, 0.2) is 0 Å². The lowest BCUT2D eigenvalue weighted by atomic mass is 10.0. The van der Waals surface area contributed by atoms with E-state index in [2.05, 4.69) is 15.2 Å². The van der Waals surface area contributed by atoms with Gasteiger partial charge in [-0.05, 0) is 56.0 Å². The first-order valence-electron chi connectivity index (χ1n) is 11.8. The summed E-state index contributed by atoms with van der Waals surface area (Å²) in [5, 5.41) is 13.5. The van der Waals surface area contributed by atoms with E-state index < -0.39 is 6.10 Å². The van der Waals surface area contributed by atoms with Crippen LogP contribution < -0.4 is 15.7 Å². The van der Waals surface area contributed by atoms with Gasteiger partial charge in [-0.15, -0.1) is 0 Å². The number of para-hydroxylation sites is 1. The van der Waals surface area contributed by atoms with Crippen molar-refractivity contribution in [3.8, 4) is 5.75 Å². The molecule has 0 radical (unpaired) electrons. The molecule has 1 amide bonds. The molecule has 1 aliphatic heterocycles. The minimum Gasteiger partial charge on any atom is -0.490 e. The van der Waals surface area contributed by atoms with Crippen LogP contribution in [0.1, 0.15) is 42.1 Å².